The van der Waals surface area contributed by atoms with E-state index in [0.29, 0.717) is 19.4 Å². The summed E-state index contributed by atoms with van der Waals surface area (Å²) in [6.07, 6.45) is 22.0. The van der Waals surface area contributed by atoms with Gasteiger partial charge in [0, 0.05) is 19.6 Å². The molecule has 5 N–H and O–H groups in total. The van der Waals surface area contributed by atoms with Crippen LogP contribution in [-0.2, 0) is 23.1 Å². The number of nitrogens with two attached hydrogens (primary N) is 1. The molecule has 40 heavy (non-hydrogen) atoms. The number of rotatable bonds is 32. The molecule has 0 fully saturated rings. The molecular formula is C30H62NO8P. The van der Waals surface area contributed by atoms with Crippen molar-refractivity contribution in [3.8, 4) is 0 Å². The van der Waals surface area contributed by atoms with Gasteiger partial charge in [0.05, 0.1) is 19.3 Å². The van der Waals surface area contributed by atoms with E-state index in [1.54, 1.807) is 0 Å². The van der Waals surface area contributed by atoms with Crippen LogP contribution < -0.4 is 5.73 Å². The summed E-state index contributed by atoms with van der Waals surface area (Å²) in [7, 11) is -4.30. The highest BCUT2D eigenvalue weighted by Gasteiger charge is 2.32. The lowest BCUT2D eigenvalue weighted by atomic mass is 10.0. The summed E-state index contributed by atoms with van der Waals surface area (Å²) < 4.78 is 28.6. The molecule has 240 valence electrons. The molecule has 0 aliphatic carbocycles. The Hall–Kier alpha value is -0.540. The second-order valence-electron chi connectivity index (χ2n) is 11.0. The molecule has 0 saturated carbocycles. The van der Waals surface area contributed by atoms with Crippen LogP contribution in [0.15, 0.2) is 0 Å². The highest BCUT2D eigenvalue weighted by Crippen LogP contribution is 2.45. The van der Waals surface area contributed by atoms with Crippen LogP contribution in [0.3, 0.4) is 0 Å². The maximum atomic E-state index is 12.4. The molecule has 0 aromatic heterocycles. The van der Waals surface area contributed by atoms with Crippen LogP contribution >= 0.6 is 7.82 Å². The molecular weight excluding hydrogens is 533 g/mol. The second kappa shape index (κ2) is 28.6. The Morgan fingerprint density at radius 3 is 1.68 bits per heavy atom. The van der Waals surface area contributed by atoms with Crippen LogP contribution in [-0.4, -0.2) is 59.6 Å². The van der Waals surface area contributed by atoms with Gasteiger partial charge in [0.1, 0.15) is 6.10 Å². The molecule has 2 unspecified atom stereocenters. The third kappa shape index (κ3) is 26.4. The summed E-state index contributed by atoms with van der Waals surface area (Å²) >= 11 is 0. The summed E-state index contributed by atoms with van der Waals surface area (Å²) in [5, 5.41) is 18.6. The maximum Gasteiger partial charge on any atom is 0.472 e. The van der Waals surface area contributed by atoms with Gasteiger partial charge in [-0.2, -0.15) is 0 Å². The van der Waals surface area contributed by atoms with Gasteiger partial charge >= 0.3 is 13.8 Å². The highest BCUT2D eigenvalue weighted by molar-refractivity contribution is 7.47. The lowest BCUT2D eigenvalue weighted by Gasteiger charge is -2.27. The zero-order valence-electron chi connectivity index (χ0n) is 25.4. The minimum Gasteiger partial charge on any atom is -0.481 e. The Bertz CT molecular complexity index is 610. The number of ether oxygens (including phenoxy) is 1. The molecule has 0 amide bonds. The number of carbonyl (C=O) groups is 1. The monoisotopic (exact) mass is 595 g/mol. The van der Waals surface area contributed by atoms with Crippen LogP contribution in [0.5, 0.6) is 0 Å². The first-order valence-corrected chi connectivity index (χ1v) is 17.7. The molecule has 0 heterocycles. The molecule has 0 rings (SSSR count). The number of carboxylic acids is 1. The van der Waals surface area contributed by atoms with E-state index in [1.165, 1.54) is 70.6 Å². The summed E-state index contributed by atoms with van der Waals surface area (Å²) in [5.41, 5.74) is 5.39. The fourth-order valence-corrected chi connectivity index (χ4v) is 5.79. The number of phosphoric acid groups is 1. The minimum absolute atomic E-state index is 0.0868. The van der Waals surface area contributed by atoms with Crippen molar-refractivity contribution in [2.24, 2.45) is 5.73 Å². The average molecular weight is 596 g/mol. The van der Waals surface area contributed by atoms with Crippen molar-refractivity contribution in [3.63, 3.8) is 0 Å². The number of hydrogen-bond acceptors (Lipinski definition) is 7. The van der Waals surface area contributed by atoms with Gasteiger partial charge in [0.25, 0.3) is 0 Å². The smallest absolute Gasteiger partial charge is 0.472 e. The first-order valence-electron chi connectivity index (χ1n) is 16.2. The van der Waals surface area contributed by atoms with Gasteiger partial charge in [0.15, 0.2) is 0 Å². The zero-order chi connectivity index (χ0) is 29.7. The van der Waals surface area contributed by atoms with E-state index >= 15 is 0 Å². The highest BCUT2D eigenvalue weighted by atomic mass is 31.2. The first kappa shape index (κ1) is 39.5. The van der Waals surface area contributed by atoms with Gasteiger partial charge in [-0.1, -0.05) is 122 Å². The third-order valence-electron chi connectivity index (χ3n) is 7.19. The Kier molecular flexibility index (Phi) is 28.2. The van der Waals surface area contributed by atoms with Gasteiger partial charge in [-0.05, 0) is 19.3 Å². The number of aliphatic carboxylic acids is 1. The third-order valence-corrected chi connectivity index (χ3v) is 8.24. The molecule has 0 radical (unpaired) electrons. The maximum absolute atomic E-state index is 12.4. The van der Waals surface area contributed by atoms with E-state index in [-0.39, 0.29) is 26.2 Å². The van der Waals surface area contributed by atoms with Gasteiger partial charge in [0.2, 0.25) is 0 Å². The van der Waals surface area contributed by atoms with Gasteiger partial charge in [-0.15, -0.1) is 0 Å². The topological polar surface area (TPSA) is 149 Å². The van der Waals surface area contributed by atoms with E-state index in [1.807, 2.05) is 0 Å². The van der Waals surface area contributed by atoms with E-state index < -0.39 is 26.0 Å². The molecule has 0 spiro atoms. The van der Waals surface area contributed by atoms with Gasteiger partial charge < -0.3 is 25.6 Å². The van der Waals surface area contributed by atoms with Crippen molar-refractivity contribution in [3.05, 3.63) is 0 Å². The van der Waals surface area contributed by atoms with Crippen molar-refractivity contribution >= 4 is 13.8 Å². The number of carboxylic acid groups (broad SMARTS) is 1. The predicted molar refractivity (Wildman–Crippen MR) is 161 cm³/mol. The molecule has 9 nitrogen and oxygen atoms in total. The van der Waals surface area contributed by atoms with Crippen LogP contribution in [0.1, 0.15) is 148 Å². The lowest BCUT2D eigenvalue weighted by molar-refractivity contribution is -0.137. The summed E-state index contributed by atoms with van der Waals surface area (Å²) in [6, 6.07) is 0. The standard InChI is InChI=1S/C30H62NO8P/c1-2-3-4-5-6-7-8-9-10-11-12-13-16-19-22-28(39-40(35,36)38-26-24-31)29(27-32)37-25-21-18-15-14-17-20-23-30(33)34/h28-29,32H,2-27,31H2,1H3,(H,33,34)(H,35,36)/t28?,29-/m0/s1. The molecule has 0 aromatic rings. The van der Waals surface area contributed by atoms with Crippen LogP contribution in [0.4, 0.5) is 0 Å². The van der Waals surface area contributed by atoms with E-state index in [9.17, 15) is 19.4 Å². The summed E-state index contributed by atoms with van der Waals surface area (Å²) in [4.78, 5) is 20.7. The van der Waals surface area contributed by atoms with E-state index in [0.717, 1.165) is 51.4 Å². The SMILES string of the molecule is CCCCCCCCCCCCCCCCC(OP(=O)(O)OCCN)[C@H](CO)OCCCCCCCCC(=O)O. The molecule has 0 bridgehead atoms. The second-order valence-corrected chi connectivity index (χ2v) is 12.4. The number of hydrogen-bond donors (Lipinski definition) is 4. The Balaban J connectivity index is 4.26. The summed E-state index contributed by atoms with van der Waals surface area (Å²) in [5.74, 6) is -0.754. The van der Waals surface area contributed by atoms with E-state index in [4.69, 9.17) is 24.6 Å². The lowest BCUT2D eigenvalue weighted by Crippen LogP contribution is -2.35. The molecule has 0 aromatic carbocycles. The molecule has 0 aliphatic rings. The van der Waals surface area contributed by atoms with Crippen molar-refractivity contribution in [1.29, 1.82) is 0 Å². The zero-order valence-corrected chi connectivity index (χ0v) is 26.3. The first-order chi connectivity index (χ1) is 19.4. The Morgan fingerprint density at radius 1 is 0.725 bits per heavy atom. The van der Waals surface area contributed by atoms with Crippen molar-refractivity contribution in [1.82, 2.24) is 0 Å². The van der Waals surface area contributed by atoms with Crippen molar-refractivity contribution in [2.45, 2.75) is 160 Å². The fourth-order valence-electron chi connectivity index (χ4n) is 4.81. The predicted octanol–water partition coefficient (Wildman–Crippen LogP) is 7.51. The number of phosphoric ester groups is 1. The van der Waals surface area contributed by atoms with Crippen LogP contribution in [0.25, 0.3) is 0 Å². The number of aliphatic hydroxyl groups is 1. The fraction of sp³-hybridized carbons (Fsp3) is 0.967. The normalized spacial score (nSPS) is 14.7. The van der Waals surface area contributed by atoms with Crippen LogP contribution in [0.2, 0.25) is 0 Å². The molecule has 0 aliphatic heterocycles. The van der Waals surface area contributed by atoms with Crippen molar-refractivity contribution < 1.29 is 38.3 Å². The van der Waals surface area contributed by atoms with Crippen LogP contribution in [0, 0.1) is 0 Å². The largest absolute Gasteiger partial charge is 0.481 e. The van der Waals surface area contributed by atoms with Gasteiger partial charge in [-0.25, -0.2) is 4.57 Å². The average Bonchev–Trinajstić information content (AvgIpc) is 2.92. The van der Waals surface area contributed by atoms with Gasteiger partial charge in [-0.3, -0.25) is 13.8 Å². The van der Waals surface area contributed by atoms with E-state index in [2.05, 4.69) is 6.92 Å². The quantitative estimate of drug-likeness (QED) is 0.0458. The Morgan fingerprint density at radius 2 is 1.20 bits per heavy atom. The van der Waals surface area contributed by atoms with Crippen molar-refractivity contribution in [2.75, 3.05) is 26.4 Å². The number of unbranched alkanes of at least 4 members (excludes halogenated alkanes) is 18. The summed E-state index contributed by atoms with van der Waals surface area (Å²) in [6.45, 7) is 2.37. The molecule has 0 saturated heterocycles. The minimum atomic E-state index is -4.30. The molecule has 3 atom stereocenters. The Labute approximate surface area is 244 Å². The molecule has 10 heteroatoms. The number of aliphatic hydroxyl groups excluding tert-OH is 1.